The van der Waals surface area contributed by atoms with E-state index in [1.165, 1.54) is 11.8 Å². The number of carbonyl (C=O) groups excluding carboxylic acids is 2. The minimum absolute atomic E-state index is 0.0239. The third-order valence-electron chi connectivity index (χ3n) is 3.90. The highest BCUT2D eigenvalue weighted by Gasteiger charge is 2.35. The first-order chi connectivity index (χ1) is 11.2. The molecule has 0 unspecified atom stereocenters. The Bertz CT molecular complexity index is 520. The normalized spacial score (nSPS) is 20.7. The third-order valence-corrected chi connectivity index (χ3v) is 4.80. The summed E-state index contributed by atoms with van der Waals surface area (Å²) in [7, 11) is 0. The quantitative estimate of drug-likeness (QED) is 0.375. The van der Waals surface area contributed by atoms with Crippen molar-refractivity contribution in [3.63, 3.8) is 0 Å². The van der Waals surface area contributed by atoms with Crippen LogP contribution >= 0.6 is 11.8 Å². The van der Waals surface area contributed by atoms with E-state index in [-0.39, 0.29) is 23.7 Å². The molecule has 7 nitrogen and oxygen atoms in total. The van der Waals surface area contributed by atoms with Crippen LogP contribution in [0.3, 0.4) is 0 Å². The van der Waals surface area contributed by atoms with E-state index in [4.69, 9.17) is 0 Å². The molecule has 3 N–H and O–H groups in total. The van der Waals surface area contributed by atoms with Crippen molar-refractivity contribution >= 4 is 23.6 Å². The number of nitrogens with one attached hydrogen (secondary N) is 3. The lowest BCUT2D eigenvalue weighted by Crippen LogP contribution is -2.44. The molecule has 0 spiro atoms. The Hall–Kier alpha value is -1.83. The zero-order valence-corrected chi connectivity index (χ0v) is 13.9. The van der Waals surface area contributed by atoms with Crippen LogP contribution in [-0.4, -0.2) is 46.1 Å². The molecular formula is C15H23N5O2S. The number of nitrogens with zero attached hydrogens (tertiary/aromatic N) is 2. The van der Waals surface area contributed by atoms with Crippen LogP contribution in [-0.2, 0) is 9.59 Å². The molecule has 0 saturated heterocycles. The lowest BCUT2D eigenvalue weighted by Gasteiger charge is -2.29. The Balaban J connectivity index is 1.78. The number of thioether (sulfide) groups is 1. The molecule has 0 aliphatic heterocycles. The summed E-state index contributed by atoms with van der Waals surface area (Å²) < 4.78 is 0. The van der Waals surface area contributed by atoms with Gasteiger partial charge in [-0.15, -0.1) is 23.4 Å². The molecule has 1 aliphatic rings. The van der Waals surface area contributed by atoms with Gasteiger partial charge in [0.05, 0.1) is 6.20 Å². The molecule has 1 fully saturated rings. The highest BCUT2D eigenvalue weighted by atomic mass is 32.2. The molecule has 0 aromatic carbocycles. The maximum Gasteiger partial charge on any atom is 0.224 e. The number of aromatic amines is 1. The Morgan fingerprint density at radius 3 is 2.61 bits per heavy atom. The molecule has 2 atom stereocenters. The Morgan fingerprint density at radius 1 is 1.30 bits per heavy atom. The molecule has 0 radical (unpaired) electrons. The lowest BCUT2D eigenvalue weighted by atomic mass is 9.78. The van der Waals surface area contributed by atoms with Gasteiger partial charge in [-0.2, -0.15) is 10.3 Å². The predicted molar refractivity (Wildman–Crippen MR) is 88.8 cm³/mol. The van der Waals surface area contributed by atoms with Crippen LogP contribution in [0, 0.1) is 11.8 Å². The van der Waals surface area contributed by atoms with Gasteiger partial charge in [-0.1, -0.05) is 18.9 Å². The zero-order chi connectivity index (χ0) is 16.5. The number of H-pyrrole nitrogens is 1. The average Bonchev–Trinajstić information content (AvgIpc) is 3.09. The van der Waals surface area contributed by atoms with Gasteiger partial charge in [0, 0.05) is 30.7 Å². The van der Waals surface area contributed by atoms with Gasteiger partial charge in [-0.25, -0.2) is 0 Å². The molecule has 0 bridgehead atoms. The predicted octanol–water partition coefficient (Wildman–Crippen LogP) is 1.12. The van der Waals surface area contributed by atoms with E-state index >= 15 is 0 Å². The molecule has 1 aliphatic carbocycles. The summed E-state index contributed by atoms with van der Waals surface area (Å²) in [4.78, 5) is 24.6. The maximum atomic E-state index is 12.4. The number of aromatic nitrogens is 3. The molecule has 126 valence electrons. The molecule has 1 aromatic rings. The first kappa shape index (κ1) is 17.5. The van der Waals surface area contributed by atoms with Crippen molar-refractivity contribution in [2.75, 3.05) is 18.8 Å². The van der Waals surface area contributed by atoms with Crippen LogP contribution in [0.5, 0.6) is 0 Å². The van der Waals surface area contributed by atoms with Gasteiger partial charge in [0.25, 0.3) is 0 Å². The van der Waals surface area contributed by atoms with Gasteiger partial charge in [0.15, 0.2) is 0 Å². The van der Waals surface area contributed by atoms with Gasteiger partial charge in [-0.05, 0) is 12.8 Å². The van der Waals surface area contributed by atoms with Gasteiger partial charge < -0.3 is 10.6 Å². The molecule has 2 amide bonds. The third kappa shape index (κ3) is 5.38. The summed E-state index contributed by atoms with van der Waals surface area (Å²) in [6.07, 6.45) is 6.84. The van der Waals surface area contributed by atoms with E-state index in [9.17, 15) is 9.59 Å². The van der Waals surface area contributed by atoms with Crippen molar-refractivity contribution in [1.82, 2.24) is 26.0 Å². The van der Waals surface area contributed by atoms with Crippen molar-refractivity contribution in [2.45, 2.75) is 30.7 Å². The minimum atomic E-state index is -0.231. The summed E-state index contributed by atoms with van der Waals surface area (Å²) in [5.74, 6) is 0.196. The number of rotatable bonds is 8. The summed E-state index contributed by atoms with van der Waals surface area (Å²) in [5.41, 5.74) is 0. The summed E-state index contributed by atoms with van der Waals surface area (Å²) in [6.45, 7) is 4.59. The maximum absolute atomic E-state index is 12.4. The van der Waals surface area contributed by atoms with Crippen LogP contribution in [0.15, 0.2) is 23.9 Å². The van der Waals surface area contributed by atoms with Crippen molar-refractivity contribution in [1.29, 1.82) is 0 Å². The van der Waals surface area contributed by atoms with E-state index in [0.717, 1.165) is 36.5 Å². The second-order valence-corrected chi connectivity index (χ2v) is 6.59. The van der Waals surface area contributed by atoms with Gasteiger partial charge >= 0.3 is 0 Å². The van der Waals surface area contributed by atoms with Crippen LogP contribution in [0.2, 0.25) is 0 Å². The van der Waals surface area contributed by atoms with Gasteiger partial charge in [0.1, 0.15) is 5.03 Å². The molecule has 1 heterocycles. The van der Waals surface area contributed by atoms with Crippen molar-refractivity contribution in [3.8, 4) is 0 Å². The molecule has 1 saturated carbocycles. The largest absolute Gasteiger partial charge is 0.355 e. The second-order valence-electron chi connectivity index (χ2n) is 5.48. The molecule has 23 heavy (non-hydrogen) atoms. The summed E-state index contributed by atoms with van der Waals surface area (Å²) >= 11 is 1.52. The highest BCUT2D eigenvalue weighted by molar-refractivity contribution is 7.99. The smallest absolute Gasteiger partial charge is 0.224 e. The zero-order valence-electron chi connectivity index (χ0n) is 13.1. The van der Waals surface area contributed by atoms with E-state index in [2.05, 4.69) is 32.6 Å². The standard InChI is InChI=1S/C15H23N5O2S/c1-2-7-16-14(21)11-5-3-4-6-12(11)15(22)17-8-9-23-13-10-18-20-19-13/h2,10-12H,1,3-9H2,(H,16,21)(H,17,22)(H,18,19,20)/t11-,12+/m1/s1. The number of amides is 2. The SMILES string of the molecule is C=CCNC(=O)[C@@H]1CCCC[C@@H]1C(=O)NCCSc1cn[nH]n1. The molecular weight excluding hydrogens is 314 g/mol. The minimum Gasteiger partial charge on any atom is -0.355 e. The number of carbonyl (C=O) groups is 2. The van der Waals surface area contributed by atoms with E-state index in [0.29, 0.717) is 13.1 Å². The van der Waals surface area contributed by atoms with E-state index < -0.39 is 0 Å². The van der Waals surface area contributed by atoms with Crippen molar-refractivity contribution in [3.05, 3.63) is 18.9 Å². The first-order valence-electron chi connectivity index (χ1n) is 7.87. The molecule has 2 rings (SSSR count). The van der Waals surface area contributed by atoms with Crippen LogP contribution < -0.4 is 10.6 Å². The fourth-order valence-electron chi connectivity index (χ4n) is 2.78. The van der Waals surface area contributed by atoms with Crippen LogP contribution in [0.4, 0.5) is 0 Å². The van der Waals surface area contributed by atoms with Gasteiger partial charge in [0.2, 0.25) is 11.8 Å². The molecule has 1 aromatic heterocycles. The van der Waals surface area contributed by atoms with Crippen LogP contribution in [0.1, 0.15) is 25.7 Å². The van der Waals surface area contributed by atoms with Crippen LogP contribution in [0.25, 0.3) is 0 Å². The first-order valence-corrected chi connectivity index (χ1v) is 8.86. The van der Waals surface area contributed by atoms with Gasteiger partial charge in [-0.3, -0.25) is 9.59 Å². The van der Waals surface area contributed by atoms with Crippen molar-refractivity contribution in [2.24, 2.45) is 11.8 Å². The Morgan fingerprint density at radius 2 is 2.00 bits per heavy atom. The number of hydrogen-bond acceptors (Lipinski definition) is 5. The average molecular weight is 337 g/mol. The fraction of sp³-hybridized carbons (Fsp3) is 0.600. The Labute approximate surface area is 140 Å². The lowest BCUT2D eigenvalue weighted by molar-refractivity contribution is -0.136. The van der Waals surface area contributed by atoms with E-state index in [1.807, 2.05) is 0 Å². The summed E-state index contributed by atoms with van der Waals surface area (Å²) in [5, 5.41) is 16.8. The highest BCUT2D eigenvalue weighted by Crippen LogP contribution is 2.30. The topological polar surface area (TPSA) is 99.8 Å². The summed E-state index contributed by atoms with van der Waals surface area (Å²) in [6, 6.07) is 0. The van der Waals surface area contributed by atoms with E-state index in [1.54, 1.807) is 12.3 Å². The second kappa shape index (κ2) is 9.34. The van der Waals surface area contributed by atoms with Crippen molar-refractivity contribution < 1.29 is 9.59 Å². The fourth-order valence-corrected chi connectivity index (χ4v) is 3.43. The number of hydrogen-bond donors (Lipinski definition) is 3. The Kier molecular flexibility index (Phi) is 7.12. The molecule has 8 heteroatoms. The monoisotopic (exact) mass is 337 g/mol.